The number of para-hydroxylation sites is 1. The number of H-pyrrole nitrogens is 2. The molecule has 0 saturated carbocycles. The van der Waals surface area contributed by atoms with E-state index < -0.39 is 229 Å². The van der Waals surface area contributed by atoms with Gasteiger partial charge in [-0.2, -0.15) is 0 Å². The first-order valence-corrected chi connectivity index (χ1v) is 47.2. The van der Waals surface area contributed by atoms with Gasteiger partial charge in [0.05, 0.1) is 55.8 Å². The summed E-state index contributed by atoms with van der Waals surface area (Å²) in [6.07, 6.45) is 2.43. The molecular formula is C90H123N23O19S2. The maximum absolute atomic E-state index is 15.8. The van der Waals surface area contributed by atoms with Crippen LogP contribution in [0, 0.1) is 11.8 Å². The molecule has 7 heterocycles. The molecule has 0 aliphatic carbocycles. The van der Waals surface area contributed by atoms with Gasteiger partial charge in [-0.3, -0.25) is 76.7 Å². The Morgan fingerprint density at radius 3 is 1.96 bits per heavy atom. The number of imidazole rings is 1. The molecule has 3 aromatic carbocycles. The van der Waals surface area contributed by atoms with E-state index >= 15 is 33.6 Å². The highest BCUT2D eigenvalue weighted by Gasteiger charge is 2.47. The first-order chi connectivity index (χ1) is 64.1. The summed E-state index contributed by atoms with van der Waals surface area (Å²) in [6.45, 7) is 6.42. The molecule has 4 aromatic heterocycles. The van der Waals surface area contributed by atoms with Crippen LogP contribution in [0.1, 0.15) is 165 Å². The molecule has 15 atom stereocenters. The monoisotopic (exact) mass is 1890 g/mol. The number of aromatic hydroxyl groups is 1. The van der Waals surface area contributed by atoms with Crippen molar-refractivity contribution in [2.75, 3.05) is 58.4 Å². The molecule has 44 heteroatoms. The Balaban J connectivity index is 1.02. The minimum absolute atomic E-state index is 0.00448. The molecule has 15 amide bonds. The van der Waals surface area contributed by atoms with E-state index in [4.69, 9.17) is 17.2 Å². The number of rotatable bonds is 25. The third-order valence-corrected chi connectivity index (χ3v) is 26.3. The van der Waals surface area contributed by atoms with E-state index in [9.17, 15) is 58.5 Å². The highest BCUT2D eigenvalue weighted by atomic mass is 32.2. The Morgan fingerprint density at radius 1 is 0.627 bits per heavy atom. The van der Waals surface area contributed by atoms with E-state index in [1.165, 1.54) is 78.7 Å². The number of phenols is 1. The van der Waals surface area contributed by atoms with Crippen LogP contribution in [0.3, 0.4) is 0 Å². The van der Waals surface area contributed by atoms with Gasteiger partial charge in [0.25, 0.3) is 0 Å². The van der Waals surface area contributed by atoms with Crippen LogP contribution >= 0.6 is 23.1 Å². The average molecular weight is 1900 g/mol. The second-order valence-electron chi connectivity index (χ2n) is 34.7. The molecule has 724 valence electrons. The predicted molar refractivity (Wildman–Crippen MR) is 493 cm³/mol. The molecule has 2 saturated heterocycles. The number of thiophene rings is 1. The lowest BCUT2D eigenvalue weighted by atomic mass is 9.93. The molecular weight excluding hydrogens is 1770 g/mol. The van der Waals surface area contributed by atoms with E-state index in [1.54, 1.807) is 44.3 Å². The van der Waals surface area contributed by atoms with E-state index in [2.05, 4.69) is 78.3 Å². The Bertz CT molecular complexity index is 5300. The quantitative estimate of drug-likeness (QED) is 0.0341. The maximum Gasteiger partial charge on any atom is 0.248 e. The van der Waals surface area contributed by atoms with Gasteiger partial charge in [-0.1, -0.05) is 102 Å². The number of Topliss-reactive ketones (excluding diaryl/α,β-unsaturated/α-hetero) is 1. The van der Waals surface area contributed by atoms with Crippen molar-refractivity contribution in [3.8, 4) is 5.75 Å². The van der Waals surface area contributed by atoms with Crippen molar-refractivity contribution in [1.29, 1.82) is 0 Å². The number of hydrogen-bond acceptors (Lipinski definition) is 26. The minimum atomic E-state index is -1.77. The Kier molecular flexibility index (Phi) is 38.0. The number of amides is 15. The van der Waals surface area contributed by atoms with Crippen molar-refractivity contribution in [1.82, 2.24) is 103 Å². The lowest BCUT2D eigenvalue weighted by Gasteiger charge is -2.32. The van der Waals surface area contributed by atoms with Crippen LogP contribution in [0.25, 0.3) is 21.0 Å². The zero-order valence-corrected chi connectivity index (χ0v) is 77.7. The van der Waals surface area contributed by atoms with Crippen molar-refractivity contribution in [2.45, 2.75) is 235 Å². The van der Waals surface area contributed by atoms with Gasteiger partial charge in [0.1, 0.15) is 72.2 Å². The number of hydrogen-bond donors (Lipinski definition) is 17. The second-order valence-corrected chi connectivity index (χ2v) is 36.6. The highest BCUT2D eigenvalue weighted by Crippen LogP contribution is 2.33. The highest BCUT2D eigenvalue weighted by molar-refractivity contribution is 8.00. The number of primary amides is 2. The van der Waals surface area contributed by atoms with E-state index in [-0.39, 0.29) is 108 Å². The molecule has 3 aliphatic rings. The number of nitrogens with one attached hydrogen (secondary N) is 11. The number of nitrogens with two attached hydrogens (primary N) is 3. The number of likely N-dealkylation sites (N-methyl/N-ethyl adjacent to an activating group) is 2. The molecule has 0 unspecified atom stereocenters. The molecule has 10 rings (SSSR count). The summed E-state index contributed by atoms with van der Waals surface area (Å²) in [5, 5.41) is 73.9. The summed E-state index contributed by atoms with van der Waals surface area (Å²) in [5.74, 6) is -17.2. The number of fused-ring (bicyclic) bond motifs is 5. The molecule has 3 aliphatic heterocycles. The number of thioether (sulfide) groups is 1. The summed E-state index contributed by atoms with van der Waals surface area (Å²) in [6, 6.07) is 1.21. The zero-order chi connectivity index (χ0) is 97.1. The molecule has 134 heavy (non-hydrogen) atoms. The molecule has 42 nitrogen and oxygen atoms in total. The van der Waals surface area contributed by atoms with E-state index in [1.807, 2.05) is 43.5 Å². The van der Waals surface area contributed by atoms with Gasteiger partial charge in [-0.05, 0) is 126 Å². The van der Waals surface area contributed by atoms with Crippen LogP contribution in [-0.2, 0) is 102 Å². The van der Waals surface area contributed by atoms with Crippen LogP contribution in [0.4, 0.5) is 0 Å². The van der Waals surface area contributed by atoms with Crippen molar-refractivity contribution in [2.24, 2.45) is 29.0 Å². The molecule has 0 bridgehead atoms. The standard InChI is InChI=1S/C90H123N23O19S2/c1-8-10-22-69-84(126)99-61(21-16-30-91)82(124)105-68(81(123)96-42-76(93)119)46-133-47-77(120)98-66(33-51-26-28-56(115)29-27-51)87(129)109(6)50(5)79(121)103-67(39-75(92)118)88(130)111-31-17-24-70(111)85(127)102-64(37-55-41-94-48-97-55)83(125)104-65(32-49(3)4)89(131)112-43-57(116)38-72(112)86(128)100-62(34-52-40-95-60-20-14-12-18-58(52)60)73(117)36-53(44-114)80(122)101-63(35-54-45-134-74-25-15-13-19-59(54)74)78-106-107-108-113(78)71(23-11-9-2)90(132)110(69)7/h12-15,18-20,25-29,40-41,45,48-50,53,57,61-72,95,114-116H,8-11,16-17,21-24,30-39,42-44,46-47,91H2,1-7H3,(H2,92,118)(H2,93,119)(H,94,97)(H,96,123)(H,98,120)(H,99,126)(H,100,128)(H,101,122)(H,102,127)(H,103,121)(H,104,125)(H,105,124)/t50-,53-,57+,61-,62-,63-,64-,65-,66-,67-,68-,69-,70-,71-,72-/m0/s1. The Hall–Kier alpha value is -12.8. The summed E-state index contributed by atoms with van der Waals surface area (Å²) in [7, 11) is 2.64. The fraction of sp³-hybridized carbons (Fsp3) is 0.533. The smallest absolute Gasteiger partial charge is 0.248 e. The van der Waals surface area contributed by atoms with Crippen LogP contribution in [-0.4, -0.2) is 295 Å². The molecule has 0 spiro atoms. The zero-order valence-electron chi connectivity index (χ0n) is 76.1. The van der Waals surface area contributed by atoms with Crippen LogP contribution in [0.5, 0.6) is 5.75 Å². The summed E-state index contributed by atoms with van der Waals surface area (Å²) in [5.41, 5.74) is 19.9. The van der Waals surface area contributed by atoms with Gasteiger partial charge < -0.3 is 110 Å². The lowest BCUT2D eigenvalue weighted by Crippen LogP contribution is -2.60. The summed E-state index contributed by atoms with van der Waals surface area (Å²) >= 11 is 2.21. The van der Waals surface area contributed by atoms with Crippen LogP contribution in [0.15, 0.2) is 96.9 Å². The molecule has 20 N–H and O–H groups in total. The Labute approximate surface area is 782 Å². The second kappa shape index (κ2) is 49.3. The maximum atomic E-state index is 15.8. The molecule has 0 radical (unpaired) electrons. The average Bonchev–Trinajstić information content (AvgIpc) is 1.59. The van der Waals surface area contributed by atoms with Crippen molar-refractivity contribution in [3.63, 3.8) is 0 Å². The van der Waals surface area contributed by atoms with Crippen molar-refractivity contribution >= 4 is 138 Å². The first kappa shape index (κ1) is 103. The fourth-order valence-corrected chi connectivity index (χ4v) is 18.6. The van der Waals surface area contributed by atoms with Gasteiger partial charge in [0, 0.05) is 105 Å². The normalized spacial score (nSPS) is 24.8. The number of tetrazole rings is 1. The van der Waals surface area contributed by atoms with E-state index in [0.29, 0.717) is 59.0 Å². The van der Waals surface area contributed by atoms with Gasteiger partial charge >= 0.3 is 0 Å². The third-order valence-electron chi connectivity index (χ3n) is 24.2. The number of phenolic OH excluding ortho intramolecular Hbond substituents is 1. The molecule has 2 fully saturated rings. The SMILES string of the molecule is CCCC[C@H]1C(=O)N[C@@H](CCCN)C(=O)N[C@H](C(=O)NCC(N)=O)CSCC(=O)N[C@@H](Cc2ccc(O)cc2)C(=O)N(C)[C@@H](C)C(=O)N[C@@H](CC(N)=O)C(=O)N2CCC[C@H]2C(=O)N[C@@H](Cc2cnc[nH]2)C(=O)N[C@@H](CC(C)C)C(=O)N2C[C@H](O)C[C@H]2C(=O)N[C@@H](Cc2c[nH]c3ccccc23)C(=O)C[C@@H](CO)C(=O)N[C@@H](Cc2csc3ccccc23)c2nnnn2[C@@H](CCCC)C(=O)N1C. The van der Waals surface area contributed by atoms with Gasteiger partial charge in [-0.15, -0.1) is 28.2 Å². The topological polar surface area (TPSA) is 621 Å². The number of carbonyl (C=O) groups is 16. The van der Waals surface area contributed by atoms with Crippen LogP contribution in [0.2, 0.25) is 0 Å². The van der Waals surface area contributed by atoms with E-state index in [0.717, 1.165) is 36.5 Å². The summed E-state index contributed by atoms with van der Waals surface area (Å²) < 4.78 is 2.14. The number of nitrogens with zero attached hydrogens (tertiary/aromatic N) is 9. The molecule has 7 aromatic rings. The number of aromatic nitrogens is 7. The van der Waals surface area contributed by atoms with Crippen molar-refractivity contribution < 1.29 is 92.0 Å². The largest absolute Gasteiger partial charge is 0.508 e. The lowest BCUT2D eigenvalue weighted by molar-refractivity contribution is -0.145. The Morgan fingerprint density at radius 2 is 1.28 bits per heavy atom. The van der Waals surface area contributed by atoms with Gasteiger partial charge in [0.15, 0.2) is 11.6 Å². The van der Waals surface area contributed by atoms with Gasteiger partial charge in [0.2, 0.25) is 88.6 Å². The summed E-state index contributed by atoms with van der Waals surface area (Å²) in [4.78, 5) is 250. The number of benzene rings is 3. The predicted octanol–water partition coefficient (Wildman–Crippen LogP) is -0.556. The number of aliphatic hydroxyl groups is 2. The number of aliphatic hydroxyl groups excluding tert-OH is 2. The fourth-order valence-electron chi connectivity index (χ4n) is 16.8. The van der Waals surface area contributed by atoms with Crippen LogP contribution < -0.4 is 65.1 Å². The number of ketones is 1. The number of unbranched alkanes of at least 4 members (excludes halogenated alkanes) is 2. The van der Waals surface area contributed by atoms with Crippen molar-refractivity contribution in [3.05, 3.63) is 125 Å². The number of carbonyl (C=O) groups excluding carboxylic acids is 16. The third kappa shape index (κ3) is 27.7. The number of aromatic amines is 2. The minimum Gasteiger partial charge on any atom is -0.508 e. The first-order valence-electron chi connectivity index (χ1n) is 45.1. The van der Waals surface area contributed by atoms with Gasteiger partial charge in [-0.25, -0.2) is 9.67 Å².